The van der Waals surface area contributed by atoms with E-state index in [0.29, 0.717) is 29.6 Å². The third-order valence-corrected chi connectivity index (χ3v) is 7.05. The van der Waals surface area contributed by atoms with Crippen molar-refractivity contribution in [1.82, 2.24) is 19.4 Å². The third kappa shape index (κ3) is 5.36. The highest BCUT2D eigenvalue weighted by molar-refractivity contribution is 5.97. The number of para-hydroxylation sites is 1. The molecule has 2 N–H and O–H groups in total. The molecule has 1 aliphatic rings. The van der Waals surface area contributed by atoms with Gasteiger partial charge in [0.05, 0.1) is 29.5 Å². The fraction of sp³-hybridized carbons (Fsp3) is 0.357. The topological polar surface area (TPSA) is 120 Å². The summed E-state index contributed by atoms with van der Waals surface area (Å²) in [7, 11) is 7.18. The van der Waals surface area contributed by atoms with Crippen molar-refractivity contribution in [3.63, 3.8) is 0 Å². The quantitative estimate of drug-likeness (QED) is 0.222. The van der Waals surface area contributed by atoms with Crippen LogP contribution >= 0.6 is 0 Å². The number of likely N-dealkylation sites (N-methyl/N-ethyl adjacent to an activating group) is 1. The molecule has 11 nitrogen and oxygen atoms in total. The molecule has 2 aromatic heterocycles. The molecule has 11 heteroatoms. The molecule has 3 heterocycles. The lowest BCUT2D eigenvalue weighted by atomic mass is 10.0. The molecular formula is C28H33N7O4. The van der Waals surface area contributed by atoms with Gasteiger partial charge in [-0.1, -0.05) is 18.2 Å². The number of methoxy groups -OCH3 is 2. The second-order valence-corrected chi connectivity index (χ2v) is 9.79. The number of hydrogen-bond acceptors (Lipinski definition) is 9. The highest BCUT2D eigenvalue weighted by Crippen LogP contribution is 2.39. The van der Waals surface area contributed by atoms with Crippen molar-refractivity contribution >= 4 is 33.9 Å². The molecule has 0 saturated heterocycles. The van der Waals surface area contributed by atoms with Crippen molar-refractivity contribution in [2.45, 2.75) is 25.5 Å². The van der Waals surface area contributed by atoms with Gasteiger partial charge in [-0.05, 0) is 39.1 Å². The molecular weight excluding hydrogens is 498 g/mol. The molecule has 0 fully saturated rings. The van der Waals surface area contributed by atoms with Gasteiger partial charge in [0.1, 0.15) is 11.4 Å². The van der Waals surface area contributed by atoms with Crippen LogP contribution in [0.5, 0.6) is 5.75 Å². The minimum Gasteiger partial charge on any atom is -0.494 e. The first-order chi connectivity index (χ1) is 18.9. The lowest BCUT2D eigenvalue weighted by Crippen LogP contribution is -2.26. The van der Waals surface area contributed by atoms with Gasteiger partial charge in [-0.25, -0.2) is 9.97 Å². The molecule has 2 aromatic carbocycles. The van der Waals surface area contributed by atoms with E-state index in [-0.39, 0.29) is 11.8 Å². The predicted octanol–water partition coefficient (Wildman–Crippen LogP) is 4.69. The van der Waals surface area contributed by atoms with E-state index in [1.54, 1.807) is 19.4 Å². The summed E-state index contributed by atoms with van der Waals surface area (Å²) in [5.74, 6) is 0.766. The lowest BCUT2D eigenvalue weighted by molar-refractivity contribution is -0.383. The molecule has 0 aliphatic carbocycles. The molecule has 4 aromatic rings. The van der Waals surface area contributed by atoms with E-state index in [2.05, 4.69) is 32.3 Å². The van der Waals surface area contributed by atoms with Crippen LogP contribution < -0.4 is 15.4 Å². The second-order valence-electron chi connectivity index (χ2n) is 9.79. The number of benzene rings is 2. The summed E-state index contributed by atoms with van der Waals surface area (Å²) < 4.78 is 13.6. The highest BCUT2D eigenvalue weighted by atomic mass is 16.6. The maximum Gasteiger partial charge on any atom is 0.294 e. The number of nitrogens with one attached hydrogen (secondary N) is 2. The Morgan fingerprint density at radius 1 is 1.18 bits per heavy atom. The zero-order valence-electron chi connectivity index (χ0n) is 22.6. The number of rotatable bonds is 10. The normalized spacial score (nSPS) is 14.8. The van der Waals surface area contributed by atoms with Gasteiger partial charge in [0.25, 0.3) is 5.69 Å². The Morgan fingerprint density at radius 3 is 2.74 bits per heavy atom. The van der Waals surface area contributed by atoms with E-state index in [4.69, 9.17) is 14.5 Å². The standard InChI is InChI=1S/C28H33N7O4/c1-33(2)14-13-29-21-16-26(39-4)22(15-25(21)35(36)37)32-28-30-12-11-20(31-28)27-19-7-5-6-8-23(19)34-17-18(38-3)9-10-24(27)34/h5-8,11-12,15-16,18,29H,9-10,13-14,17H2,1-4H3,(H,30,31,32). The number of nitro benzene ring substituents is 1. The maximum atomic E-state index is 11.9. The Balaban J connectivity index is 1.51. The van der Waals surface area contributed by atoms with Crippen LogP contribution in [-0.2, 0) is 17.7 Å². The van der Waals surface area contributed by atoms with Gasteiger partial charge in [0.2, 0.25) is 5.95 Å². The number of nitro groups is 1. The van der Waals surface area contributed by atoms with E-state index in [1.165, 1.54) is 18.9 Å². The van der Waals surface area contributed by atoms with Crippen LogP contribution in [-0.4, -0.2) is 71.9 Å². The average Bonchev–Trinajstić information content (AvgIpc) is 3.27. The first kappa shape index (κ1) is 26.4. The molecule has 0 bridgehead atoms. The van der Waals surface area contributed by atoms with Crippen LogP contribution in [0.3, 0.4) is 0 Å². The molecule has 1 unspecified atom stereocenters. The van der Waals surface area contributed by atoms with Crippen molar-refractivity contribution < 1.29 is 14.4 Å². The van der Waals surface area contributed by atoms with E-state index >= 15 is 0 Å². The number of anilines is 3. The molecule has 1 aliphatic heterocycles. The number of hydrogen-bond donors (Lipinski definition) is 2. The summed E-state index contributed by atoms with van der Waals surface area (Å²) in [5, 5.41) is 19.3. The van der Waals surface area contributed by atoms with Gasteiger partial charge in [-0.2, -0.15) is 0 Å². The lowest BCUT2D eigenvalue weighted by Gasteiger charge is -2.25. The average molecular weight is 532 g/mol. The minimum absolute atomic E-state index is 0.0617. The number of fused-ring (bicyclic) bond motifs is 3. The number of ether oxygens (including phenoxy) is 2. The van der Waals surface area contributed by atoms with Gasteiger partial charge in [-0.15, -0.1) is 0 Å². The van der Waals surface area contributed by atoms with Gasteiger partial charge in [0.15, 0.2) is 0 Å². The Kier molecular flexibility index (Phi) is 7.62. The summed E-state index contributed by atoms with van der Waals surface area (Å²) in [6.07, 6.45) is 3.68. The Bertz CT molecular complexity index is 1500. The summed E-state index contributed by atoms with van der Waals surface area (Å²) in [6.45, 7) is 2.07. The molecule has 0 spiro atoms. The minimum atomic E-state index is -0.410. The van der Waals surface area contributed by atoms with Gasteiger partial charge < -0.3 is 29.6 Å². The van der Waals surface area contributed by atoms with E-state index in [0.717, 1.165) is 48.1 Å². The zero-order chi connectivity index (χ0) is 27.5. The molecule has 204 valence electrons. The van der Waals surface area contributed by atoms with Crippen molar-refractivity contribution in [2.24, 2.45) is 0 Å². The molecule has 0 saturated carbocycles. The first-order valence-corrected chi connectivity index (χ1v) is 12.9. The van der Waals surface area contributed by atoms with Crippen LogP contribution in [0, 0.1) is 10.1 Å². The molecule has 0 amide bonds. The van der Waals surface area contributed by atoms with Crippen LogP contribution in [0.4, 0.5) is 23.0 Å². The summed E-state index contributed by atoms with van der Waals surface area (Å²) in [6, 6.07) is 13.3. The van der Waals surface area contributed by atoms with Crippen molar-refractivity contribution in [3.8, 4) is 17.0 Å². The monoisotopic (exact) mass is 531 g/mol. The molecule has 0 radical (unpaired) electrons. The smallest absolute Gasteiger partial charge is 0.294 e. The van der Waals surface area contributed by atoms with E-state index < -0.39 is 4.92 Å². The first-order valence-electron chi connectivity index (χ1n) is 12.9. The maximum absolute atomic E-state index is 11.9. The van der Waals surface area contributed by atoms with E-state index in [1.807, 2.05) is 37.2 Å². The van der Waals surface area contributed by atoms with Crippen molar-refractivity contribution in [3.05, 3.63) is 64.5 Å². The summed E-state index contributed by atoms with van der Waals surface area (Å²) >= 11 is 0. The number of nitrogens with zero attached hydrogens (tertiary/aromatic N) is 5. The fourth-order valence-corrected chi connectivity index (χ4v) is 5.12. The second kappa shape index (κ2) is 11.3. The van der Waals surface area contributed by atoms with E-state index in [9.17, 15) is 10.1 Å². The van der Waals surface area contributed by atoms with Crippen LogP contribution in [0.2, 0.25) is 0 Å². The summed E-state index contributed by atoms with van der Waals surface area (Å²) in [5.41, 5.74) is 4.95. The zero-order valence-corrected chi connectivity index (χ0v) is 22.6. The van der Waals surface area contributed by atoms with Gasteiger partial charge in [0, 0.05) is 67.2 Å². The van der Waals surface area contributed by atoms with Crippen molar-refractivity contribution in [1.29, 1.82) is 0 Å². The Morgan fingerprint density at radius 2 is 2.00 bits per heavy atom. The molecule has 39 heavy (non-hydrogen) atoms. The molecule has 5 rings (SSSR count). The van der Waals surface area contributed by atoms with Crippen molar-refractivity contribution in [2.75, 3.05) is 52.0 Å². The number of aromatic nitrogens is 3. The largest absolute Gasteiger partial charge is 0.494 e. The Hall–Kier alpha value is -4.22. The Labute approximate surface area is 226 Å². The van der Waals surface area contributed by atoms with Gasteiger partial charge >= 0.3 is 0 Å². The summed E-state index contributed by atoms with van der Waals surface area (Å²) in [4.78, 5) is 22.7. The predicted molar refractivity (Wildman–Crippen MR) is 152 cm³/mol. The van der Waals surface area contributed by atoms with Gasteiger partial charge in [-0.3, -0.25) is 10.1 Å². The van der Waals surface area contributed by atoms with Crippen LogP contribution in [0.25, 0.3) is 22.2 Å². The third-order valence-electron chi connectivity index (χ3n) is 7.05. The SMILES string of the molecule is COc1cc(NCCN(C)C)c([N+](=O)[O-])cc1Nc1nccc(-c2c3n(c4ccccc24)CC(OC)CC3)n1. The van der Waals surface area contributed by atoms with Crippen LogP contribution in [0.15, 0.2) is 48.7 Å². The fourth-order valence-electron chi connectivity index (χ4n) is 5.12. The van der Waals surface area contributed by atoms with Crippen LogP contribution in [0.1, 0.15) is 12.1 Å². The molecule has 1 atom stereocenters. The highest BCUT2D eigenvalue weighted by Gasteiger charge is 2.26.